The highest BCUT2D eigenvalue weighted by atomic mass is 32.1. The van der Waals surface area contributed by atoms with Gasteiger partial charge in [-0.15, -0.1) is 11.3 Å². The molecule has 1 amide bonds. The van der Waals surface area contributed by atoms with Gasteiger partial charge in [-0.25, -0.2) is 0 Å². The number of thiophene rings is 1. The minimum Gasteiger partial charge on any atom is -0.494 e. The number of nitrogens with zero attached hydrogens (tertiary/aromatic N) is 1. The molecule has 1 atom stereocenters. The number of benzene rings is 1. The molecule has 1 aliphatic heterocycles. The van der Waals surface area contributed by atoms with E-state index in [-0.39, 0.29) is 11.9 Å². The molecule has 1 aromatic carbocycles. The number of hydrogen-bond acceptors (Lipinski definition) is 3. The van der Waals surface area contributed by atoms with Crippen molar-refractivity contribution in [2.45, 2.75) is 25.8 Å². The smallest absolute Gasteiger partial charge is 0.247 e. The van der Waals surface area contributed by atoms with Crippen molar-refractivity contribution in [2.24, 2.45) is 0 Å². The number of carbonyl (C=O) groups is 1. The lowest BCUT2D eigenvalue weighted by Crippen LogP contribution is -2.28. The van der Waals surface area contributed by atoms with Gasteiger partial charge in [-0.3, -0.25) is 4.79 Å². The van der Waals surface area contributed by atoms with Crippen LogP contribution in [0.5, 0.6) is 5.75 Å². The normalized spacial score (nSPS) is 17.8. The Balaban J connectivity index is 1.66. The van der Waals surface area contributed by atoms with Crippen LogP contribution in [0.25, 0.3) is 6.08 Å². The third-order valence-corrected chi connectivity index (χ3v) is 4.99. The van der Waals surface area contributed by atoms with Crippen molar-refractivity contribution in [1.29, 1.82) is 0 Å². The molecule has 3 rings (SSSR count). The average Bonchev–Trinajstić information content (AvgIpc) is 3.25. The number of rotatable bonds is 5. The zero-order valence-electron chi connectivity index (χ0n) is 13.3. The van der Waals surface area contributed by atoms with Gasteiger partial charge in [0.25, 0.3) is 0 Å². The Morgan fingerprint density at radius 1 is 1.35 bits per heavy atom. The van der Waals surface area contributed by atoms with Crippen molar-refractivity contribution < 1.29 is 9.53 Å². The van der Waals surface area contributed by atoms with Crippen molar-refractivity contribution in [3.8, 4) is 5.75 Å². The van der Waals surface area contributed by atoms with Crippen molar-refractivity contribution in [1.82, 2.24) is 4.90 Å². The SMILES string of the molecule is CCOc1ccc(C=CC(=O)N2CCCC2c2cccs2)cc1. The molecule has 0 aliphatic carbocycles. The maximum absolute atomic E-state index is 12.5. The molecule has 120 valence electrons. The molecule has 4 heteroatoms. The van der Waals surface area contributed by atoms with Crippen LogP contribution in [0.15, 0.2) is 47.9 Å². The van der Waals surface area contributed by atoms with Crippen LogP contribution in [0, 0.1) is 0 Å². The van der Waals surface area contributed by atoms with E-state index in [1.165, 1.54) is 4.88 Å². The summed E-state index contributed by atoms with van der Waals surface area (Å²) >= 11 is 1.73. The Hall–Kier alpha value is -2.07. The second-order valence-corrected chi connectivity index (χ2v) is 6.52. The van der Waals surface area contributed by atoms with Crippen LogP contribution in [0.3, 0.4) is 0 Å². The molecule has 1 aromatic heterocycles. The van der Waals surface area contributed by atoms with E-state index >= 15 is 0 Å². The van der Waals surface area contributed by atoms with Gasteiger partial charge >= 0.3 is 0 Å². The summed E-state index contributed by atoms with van der Waals surface area (Å²) in [6.45, 7) is 3.47. The molecule has 1 unspecified atom stereocenters. The van der Waals surface area contributed by atoms with Crippen molar-refractivity contribution in [3.63, 3.8) is 0 Å². The highest BCUT2D eigenvalue weighted by molar-refractivity contribution is 7.10. The van der Waals surface area contributed by atoms with Crippen LogP contribution in [-0.2, 0) is 4.79 Å². The van der Waals surface area contributed by atoms with E-state index in [1.807, 2.05) is 42.2 Å². The fourth-order valence-electron chi connectivity index (χ4n) is 2.91. The van der Waals surface area contributed by atoms with Crippen molar-refractivity contribution >= 4 is 23.3 Å². The fraction of sp³-hybridized carbons (Fsp3) is 0.316. The van der Waals surface area contributed by atoms with Gasteiger partial charge in [-0.05, 0) is 55.0 Å². The first-order valence-electron chi connectivity index (χ1n) is 8.03. The molecule has 2 aromatic rings. The molecule has 0 radical (unpaired) electrons. The number of ether oxygens (including phenoxy) is 1. The fourth-order valence-corrected chi connectivity index (χ4v) is 3.79. The summed E-state index contributed by atoms with van der Waals surface area (Å²) in [5.74, 6) is 0.947. The predicted molar refractivity (Wildman–Crippen MR) is 94.7 cm³/mol. The van der Waals surface area contributed by atoms with E-state index in [0.29, 0.717) is 6.61 Å². The summed E-state index contributed by atoms with van der Waals surface area (Å²) in [5.41, 5.74) is 1.01. The lowest BCUT2D eigenvalue weighted by atomic mass is 10.1. The first-order valence-corrected chi connectivity index (χ1v) is 8.91. The van der Waals surface area contributed by atoms with Gasteiger partial charge in [-0.1, -0.05) is 18.2 Å². The molecule has 0 bridgehead atoms. The molecule has 0 spiro atoms. The van der Waals surface area contributed by atoms with Gasteiger partial charge < -0.3 is 9.64 Å². The van der Waals surface area contributed by atoms with Gasteiger partial charge in [0.1, 0.15) is 5.75 Å². The number of carbonyl (C=O) groups excluding carboxylic acids is 1. The molecule has 1 fully saturated rings. The molecule has 1 aliphatic rings. The Morgan fingerprint density at radius 3 is 2.87 bits per heavy atom. The lowest BCUT2D eigenvalue weighted by Gasteiger charge is -2.22. The highest BCUT2D eigenvalue weighted by Gasteiger charge is 2.29. The zero-order valence-corrected chi connectivity index (χ0v) is 14.1. The van der Waals surface area contributed by atoms with Crippen LogP contribution in [0.4, 0.5) is 0 Å². The molecular weight excluding hydrogens is 306 g/mol. The van der Waals surface area contributed by atoms with E-state index in [9.17, 15) is 4.79 Å². The second kappa shape index (κ2) is 7.47. The number of hydrogen-bond donors (Lipinski definition) is 0. The number of likely N-dealkylation sites (tertiary alicyclic amines) is 1. The van der Waals surface area contributed by atoms with Crippen LogP contribution in [0.1, 0.15) is 36.2 Å². The first-order chi connectivity index (χ1) is 11.3. The number of amides is 1. The van der Waals surface area contributed by atoms with E-state index in [2.05, 4.69) is 17.5 Å². The van der Waals surface area contributed by atoms with Gasteiger partial charge in [0, 0.05) is 17.5 Å². The Morgan fingerprint density at radius 2 is 2.17 bits per heavy atom. The van der Waals surface area contributed by atoms with Gasteiger partial charge in [0.15, 0.2) is 0 Å². The molecular formula is C19H21NO2S. The molecule has 0 saturated carbocycles. The van der Waals surface area contributed by atoms with E-state index < -0.39 is 0 Å². The first kappa shape index (κ1) is 15.8. The third kappa shape index (κ3) is 3.82. The monoisotopic (exact) mass is 327 g/mol. The Kier molecular flexibility index (Phi) is 5.13. The largest absolute Gasteiger partial charge is 0.494 e. The van der Waals surface area contributed by atoms with E-state index in [1.54, 1.807) is 17.4 Å². The maximum atomic E-state index is 12.5. The van der Waals surface area contributed by atoms with E-state index in [4.69, 9.17) is 4.74 Å². The summed E-state index contributed by atoms with van der Waals surface area (Å²) in [6.07, 6.45) is 5.69. The summed E-state index contributed by atoms with van der Waals surface area (Å²) in [5, 5.41) is 2.08. The van der Waals surface area contributed by atoms with Crippen molar-refractivity contribution in [2.75, 3.05) is 13.2 Å². The lowest BCUT2D eigenvalue weighted by molar-refractivity contribution is -0.126. The summed E-state index contributed by atoms with van der Waals surface area (Å²) in [4.78, 5) is 15.8. The van der Waals surface area contributed by atoms with Crippen LogP contribution >= 0.6 is 11.3 Å². The molecule has 23 heavy (non-hydrogen) atoms. The van der Waals surface area contributed by atoms with Crippen LogP contribution < -0.4 is 4.74 Å². The van der Waals surface area contributed by atoms with Gasteiger partial charge in [0.05, 0.1) is 12.6 Å². The minimum atomic E-state index is 0.0924. The molecule has 0 N–H and O–H groups in total. The highest BCUT2D eigenvalue weighted by Crippen LogP contribution is 2.34. The van der Waals surface area contributed by atoms with Crippen molar-refractivity contribution in [3.05, 3.63) is 58.3 Å². The topological polar surface area (TPSA) is 29.5 Å². The summed E-state index contributed by atoms with van der Waals surface area (Å²) in [7, 11) is 0. The summed E-state index contributed by atoms with van der Waals surface area (Å²) < 4.78 is 5.43. The third-order valence-electron chi connectivity index (χ3n) is 4.02. The Labute approximate surface area is 141 Å². The molecule has 1 saturated heterocycles. The minimum absolute atomic E-state index is 0.0924. The van der Waals surface area contributed by atoms with Gasteiger partial charge in [0.2, 0.25) is 5.91 Å². The van der Waals surface area contributed by atoms with Crippen LogP contribution in [-0.4, -0.2) is 24.0 Å². The predicted octanol–water partition coefficient (Wildman–Crippen LogP) is 4.52. The standard InChI is InChI=1S/C19H21NO2S/c1-2-22-16-10-7-15(8-11-16)9-12-19(21)20-13-3-5-17(20)18-6-4-14-23-18/h4,6-12,14,17H,2-3,5,13H2,1H3. The average molecular weight is 327 g/mol. The molecule has 2 heterocycles. The quantitative estimate of drug-likeness (QED) is 0.756. The second-order valence-electron chi connectivity index (χ2n) is 5.54. The van der Waals surface area contributed by atoms with E-state index in [0.717, 1.165) is 30.7 Å². The zero-order chi connectivity index (χ0) is 16.1. The maximum Gasteiger partial charge on any atom is 0.247 e. The Bertz CT molecular complexity index is 661. The molecule has 3 nitrogen and oxygen atoms in total. The summed E-state index contributed by atoms with van der Waals surface area (Å²) in [6, 6.07) is 12.2. The van der Waals surface area contributed by atoms with Crippen LogP contribution in [0.2, 0.25) is 0 Å². The van der Waals surface area contributed by atoms with Gasteiger partial charge in [-0.2, -0.15) is 0 Å².